The van der Waals surface area contributed by atoms with Crippen molar-refractivity contribution in [3.63, 3.8) is 0 Å². The van der Waals surface area contributed by atoms with Gasteiger partial charge in [0.15, 0.2) is 23.0 Å². The van der Waals surface area contributed by atoms with E-state index in [1.54, 1.807) is 48.5 Å². The number of para-hydroxylation sites is 4. The lowest BCUT2D eigenvalue weighted by atomic mass is 10.3. The number of carbonyl (C=O) groups excluding carboxylic acids is 1. The molecule has 0 aliphatic rings. The van der Waals surface area contributed by atoms with Crippen molar-refractivity contribution >= 4 is 13.4 Å². The highest BCUT2D eigenvalue weighted by atomic mass is 31.2. The summed E-state index contributed by atoms with van der Waals surface area (Å²) in [6.45, 7) is 1.32. The summed E-state index contributed by atoms with van der Waals surface area (Å²) >= 11 is 0. The molecule has 6 nitrogen and oxygen atoms in total. The molecule has 0 atom stereocenters. The molecule has 0 bridgehead atoms. The van der Waals surface area contributed by atoms with Gasteiger partial charge in [-0.2, -0.15) is 0 Å². The van der Waals surface area contributed by atoms with Crippen LogP contribution in [-0.4, -0.2) is 26.2 Å². The average molecular weight is 350 g/mol. The lowest BCUT2D eigenvalue weighted by molar-refractivity contribution is -0.114. The van der Waals surface area contributed by atoms with Crippen molar-refractivity contribution in [1.29, 1.82) is 0 Å². The molecule has 24 heavy (non-hydrogen) atoms. The molecule has 2 aromatic carbocycles. The van der Waals surface area contributed by atoms with Gasteiger partial charge in [-0.15, -0.1) is 0 Å². The first-order valence-corrected chi connectivity index (χ1v) is 8.94. The van der Waals surface area contributed by atoms with Gasteiger partial charge in [0.1, 0.15) is 11.9 Å². The van der Waals surface area contributed by atoms with Gasteiger partial charge >= 0.3 is 7.60 Å². The van der Waals surface area contributed by atoms with Crippen LogP contribution in [0.25, 0.3) is 0 Å². The van der Waals surface area contributed by atoms with Crippen LogP contribution in [0.5, 0.6) is 23.0 Å². The van der Waals surface area contributed by atoms with Gasteiger partial charge in [0.2, 0.25) is 0 Å². The topological polar surface area (TPSA) is 71.1 Å². The molecule has 0 radical (unpaired) electrons. The van der Waals surface area contributed by atoms with Gasteiger partial charge in [-0.25, -0.2) is 4.57 Å². The summed E-state index contributed by atoms with van der Waals surface area (Å²) in [6, 6.07) is 13.4. The first-order chi connectivity index (χ1) is 11.5. The van der Waals surface area contributed by atoms with Gasteiger partial charge in [-0.1, -0.05) is 24.3 Å². The molecule has 0 saturated carbocycles. The Hall–Kier alpha value is -2.46. The van der Waals surface area contributed by atoms with Crippen LogP contribution < -0.4 is 18.5 Å². The maximum atomic E-state index is 13.1. The van der Waals surface area contributed by atoms with Crippen LogP contribution in [0.2, 0.25) is 0 Å². The van der Waals surface area contributed by atoms with Crippen LogP contribution in [0, 0.1) is 0 Å². The number of methoxy groups -OCH3 is 2. The van der Waals surface area contributed by atoms with E-state index in [2.05, 4.69) is 0 Å². The fourth-order valence-corrected chi connectivity index (χ4v) is 3.66. The first-order valence-electron chi connectivity index (χ1n) is 7.21. The molecule has 7 heteroatoms. The van der Waals surface area contributed by atoms with Gasteiger partial charge < -0.3 is 18.5 Å². The van der Waals surface area contributed by atoms with Gasteiger partial charge in [0.25, 0.3) is 0 Å². The van der Waals surface area contributed by atoms with Crippen LogP contribution in [0.1, 0.15) is 6.92 Å². The fourth-order valence-electron chi connectivity index (χ4n) is 2.04. The predicted molar refractivity (Wildman–Crippen MR) is 90.4 cm³/mol. The normalized spacial score (nSPS) is 10.8. The van der Waals surface area contributed by atoms with Crippen LogP contribution in [0.4, 0.5) is 0 Å². The number of rotatable bonds is 8. The standard InChI is InChI=1S/C17H19O6P/c1-13(18)12-24(19,22-16-10-6-4-8-14(16)20-2)23-17-11-7-5-9-15(17)21-3/h4-11H,12H2,1-3H3. The summed E-state index contributed by atoms with van der Waals surface area (Å²) < 4.78 is 34.6. The molecule has 2 rings (SSSR count). The molecule has 0 amide bonds. The lowest BCUT2D eigenvalue weighted by Gasteiger charge is -2.21. The van der Waals surface area contributed by atoms with E-state index >= 15 is 0 Å². The predicted octanol–water partition coefficient (Wildman–Crippen LogP) is 3.94. The maximum absolute atomic E-state index is 13.1. The highest BCUT2D eigenvalue weighted by Crippen LogP contribution is 2.51. The third-order valence-corrected chi connectivity index (χ3v) is 4.81. The molecular formula is C17H19O6P. The molecular weight excluding hydrogens is 331 g/mol. The summed E-state index contributed by atoms with van der Waals surface area (Å²) in [5.74, 6) is 0.942. The van der Waals surface area contributed by atoms with E-state index in [4.69, 9.17) is 18.5 Å². The Morgan fingerprint density at radius 1 is 0.833 bits per heavy atom. The van der Waals surface area contributed by atoms with Gasteiger partial charge in [-0.05, 0) is 31.2 Å². The second-order valence-electron chi connectivity index (χ2n) is 4.96. The zero-order valence-corrected chi connectivity index (χ0v) is 14.6. The van der Waals surface area contributed by atoms with E-state index in [1.807, 2.05) is 0 Å². The number of hydrogen-bond donors (Lipinski definition) is 0. The molecule has 0 spiro atoms. The Bertz CT molecular complexity index is 705. The summed E-state index contributed by atoms with van der Waals surface area (Å²) in [6.07, 6.45) is -0.372. The second-order valence-corrected chi connectivity index (χ2v) is 6.86. The molecule has 0 saturated heterocycles. The van der Waals surface area contributed by atoms with E-state index in [9.17, 15) is 9.36 Å². The quantitative estimate of drug-likeness (QED) is 0.672. The number of benzene rings is 2. The minimum atomic E-state index is -3.81. The monoisotopic (exact) mass is 350 g/mol. The molecule has 128 valence electrons. The zero-order chi connectivity index (χ0) is 17.6. The molecule has 0 aromatic heterocycles. The van der Waals surface area contributed by atoms with Crippen molar-refractivity contribution < 1.29 is 27.9 Å². The summed E-state index contributed by atoms with van der Waals surface area (Å²) in [5, 5.41) is 0. The average Bonchev–Trinajstić information content (AvgIpc) is 2.54. The molecule has 2 aromatic rings. The Balaban J connectivity index is 2.35. The van der Waals surface area contributed by atoms with Crippen LogP contribution in [0.3, 0.4) is 0 Å². The largest absolute Gasteiger partial charge is 0.493 e. The van der Waals surface area contributed by atoms with Gasteiger partial charge in [-0.3, -0.25) is 4.79 Å². The second kappa shape index (κ2) is 7.88. The number of ketones is 1. The van der Waals surface area contributed by atoms with Crippen molar-refractivity contribution in [3.8, 4) is 23.0 Å². The summed E-state index contributed by atoms with van der Waals surface area (Å²) in [4.78, 5) is 11.6. The minimum Gasteiger partial charge on any atom is -0.493 e. The van der Waals surface area contributed by atoms with Crippen LogP contribution in [-0.2, 0) is 9.36 Å². The van der Waals surface area contributed by atoms with Crippen molar-refractivity contribution in [2.75, 3.05) is 20.4 Å². The highest BCUT2D eigenvalue weighted by molar-refractivity contribution is 7.55. The number of hydrogen-bond acceptors (Lipinski definition) is 6. The number of ether oxygens (including phenoxy) is 2. The zero-order valence-electron chi connectivity index (χ0n) is 13.7. The molecule has 0 unspecified atom stereocenters. The van der Waals surface area contributed by atoms with Crippen molar-refractivity contribution in [2.45, 2.75) is 6.92 Å². The van der Waals surface area contributed by atoms with Crippen LogP contribution >= 0.6 is 7.60 Å². The summed E-state index contributed by atoms with van der Waals surface area (Å²) in [7, 11) is -0.866. The van der Waals surface area contributed by atoms with E-state index in [-0.39, 0.29) is 23.4 Å². The molecule has 0 heterocycles. The van der Waals surface area contributed by atoms with E-state index in [0.29, 0.717) is 11.5 Å². The van der Waals surface area contributed by atoms with Crippen molar-refractivity contribution in [1.82, 2.24) is 0 Å². The fraction of sp³-hybridized carbons (Fsp3) is 0.235. The Labute approximate surface area is 140 Å². The minimum absolute atomic E-state index is 0.236. The number of Topliss-reactive ketones (excluding diaryl/α,β-unsaturated/α-hetero) is 1. The first kappa shape index (κ1) is 17.9. The third-order valence-electron chi connectivity index (χ3n) is 3.03. The SMILES string of the molecule is COc1ccccc1OP(=O)(CC(C)=O)Oc1ccccc1OC. The van der Waals surface area contributed by atoms with E-state index < -0.39 is 7.60 Å². The third kappa shape index (κ3) is 4.52. The highest BCUT2D eigenvalue weighted by Gasteiger charge is 2.32. The smallest absolute Gasteiger partial charge is 0.438 e. The van der Waals surface area contributed by atoms with E-state index in [0.717, 1.165) is 0 Å². The van der Waals surface area contributed by atoms with Crippen molar-refractivity contribution in [3.05, 3.63) is 48.5 Å². The van der Waals surface area contributed by atoms with Gasteiger partial charge in [0.05, 0.1) is 14.2 Å². The molecule has 0 fully saturated rings. The van der Waals surface area contributed by atoms with Crippen molar-refractivity contribution in [2.24, 2.45) is 0 Å². The van der Waals surface area contributed by atoms with Crippen LogP contribution in [0.15, 0.2) is 48.5 Å². The summed E-state index contributed by atoms with van der Waals surface area (Å²) in [5.41, 5.74) is 0. The number of carbonyl (C=O) groups is 1. The Morgan fingerprint density at radius 3 is 1.54 bits per heavy atom. The Kier molecular flexibility index (Phi) is 5.88. The molecule has 0 aliphatic carbocycles. The van der Waals surface area contributed by atoms with Gasteiger partial charge in [0, 0.05) is 0 Å². The maximum Gasteiger partial charge on any atom is 0.438 e. The molecule has 0 N–H and O–H groups in total. The van der Waals surface area contributed by atoms with E-state index in [1.165, 1.54) is 21.1 Å². The lowest BCUT2D eigenvalue weighted by Crippen LogP contribution is -2.11. The molecule has 0 aliphatic heterocycles. The Morgan fingerprint density at radius 2 is 1.21 bits per heavy atom.